The molecule has 4 rings (SSSR count). The van der Waals surface area contributed by atoms with E-state index in [2.05, 4.69) is 10.3 Å². The first-order chi connectivity index (χ1) is 19.2. The van der Waals surface area contributed by atoms with Crippen LogP contribution in [0.3, 0.4) is 0 Å². The Bertz CT molecular complexity index is 1660. The van der Waals surface area contributed by atoms with E-state index >= 15 is 0 Å². The van der Waals surface area contributed by atoms with Crippen molar-refractivity contribution >= 4 is 49.1 Å². The maximum absolute atomic E-state index is 13.3. The van der Waals surface area contributed by atoms with Gasteiger partial charge in [-0.05, 0) is 55.0 Å². The van der Waals surface area contributed by atoms with Gasteiger partial charge in [0, 0.05) is 44.4 Å². The van der Waals surface area contributed by atoms with Gasteiger partial charge in [-0.3, -0.25) is 9.59 Å². The Labute approximate surface area is 237 Å². The summed E-state index contributed by atoms with van der Waals surface area (Å²) in [4.78, 5) is 29.6. The number of thiazole rings is 1. The molecule has 0 radical (unpaired) electrons. The van der Waals surface area contributed by atoms with Gasteiger partial charge in [-0.15, -0.1) is 0 Å². The van der Waals surface area contributed by atoms with Crippen molar-refractivity contribution in [2.75, 3.05) is 25.1 Å². The molecule has 0 fully saturated rings. The van der Waals surface area contributed by atoms with Crippen molar-refractivity contribution in [1.29, 1.82) is 0 Å². The molecule has 0 aliphatic rings. The summed E-state index contributed by atoms with van der Waals surface area (Å²) in [6.07, 6.45) is 0. The number of benzene rings is 3. The Morgan fingerprint density at radius 2 is 1.75 bits per heavy atom. The Morgan fingerprint density at radius 1 is 1.02 bits per heavy atom. The molecule has 4 aromatic rings. The summed E-state index contributed by atoms with van der Waals surface area (Å²) in [5, 5.41) is 2.77. The van der Waals surface area contributed by atoms with Crippen LogP contribution in [0.5, 0.6) is 0 Å². The lowest BCUT2D eigenvalue weighted by molar-refractivity contribution is -0.114. The lowest BCUT2D eigenvalue weighted by atomic mass is 10.2. The molecule has 0 aliphatic carbocycles. The third-order valence-electron chi connectivity index (χ3n) is 6.16. The van der Waals surface area contributed by atoms with Crippen LogP contribution in [-0.2, 0) is 32.6 Å². The van der Waals surface area contributed by atoms with Gasteiger partial charge in [0.05, 0.1) is 21.7 Å². The second kappa shape index (κ2) is 13.1. The number of amides is 2. The number of fused-ring (bicyclic) bond motifs is 1. The lowest BCUT2D eigenvalue weighted by Gasteiger charge is -2.20. The molecule has 0 bridgehead atoms. The highest BCUT2D eigenvalue weighted by atomic mass is 32.2. The first kappa shape index (κ1) is 29.3. The van der Waals surface area contributed by atoms with Gasteiger partial charge in [0.1, 0.15) is 0 Å². The highest BCUT2D eigenvalue weighted by Crippen LogP contribution is 2.23. The van der Waals surface area contributed by atoms with Gasteiger partial charge in [0.15, 0.2) is 4.80 Å². The van der Waals surface area contributed by atoms with Crippen LogP contribution in [0.4, 0.5) is 5.69 Å². The van der Waals surface area contributed by atoms with Crippen LogP contribution < -0.4 is 10.1 Å². The van der Waals surface area contributed by atoms with Crippen LogP contribution in [0.15, 0.2) is 82.7 Å². The number of rotatable bonds is 11. The molecule has 0 spiro atoms. The average Bonchev–Trinajstić information content (AvgIpc) is 3.27. The van der Waals surface area contributed by atoms with Crippen molar-refractivity contribution in [3.8, 4) is 0 Å². The molecule has 11 heteroatoms. The molecule has 0 atom stereocenters. The first-order valence-corrected chi connectivity index (χ1v) is 15.2. The number of ether oxygens (including phenoxy) is 1. The zero-order chi connectivity index (χ0) is 28.7. The van der Waals surface area contributed by atoms with Crippen molar-refractivity contribution < 1.29 is 22.7 Å². The topological polar surface area (TPSA) is 110 Å². The summed E-state index contributed by atoms with van der Waals surface area (Å²) in [6.45, 7) is 7.22. The normalized spacial score (nSPS) is 12.2. The van der Waals surface area contributed by atoms with E-state index in [1.165, 1.54) is 46.8 Å². The molecule has 40 heavy (non-hydrogen) atoms. The zero-order valence-corrected chi connectivity index (χ0v) is 24.3. The standard InChI is InChI=1S/C29H32N4O5S2/c1-4-32(20-22-9-7-6-8-10-22)40(36,37)25-14-11-23(12-15-25)28(35)31-29-33(17-18-38-5-2)26-16-13-24(30-21(3)34)19-27(26)39-29/h6-16,19H,4-5,17-18,20H2,1-3H3,(H,30,34). The van der Waals surface area contributed by atoms with E-state index < -0.39 is 15.9 Å². The van der Waals surface area contributed by atoms with Crippen LogP contribution in [0, 0.1) is 0 Å². The number of carbonyl (C=O) groups excluding carboxylic acids is 2. The molecular formula is C29H32N4O5S2. The second-order valence-corrected chi connectivity index (χ2v) is 11.9. The maximum atomic E-state index is 13.3. The second-order valence-electron chi connectivity index (χ2n) is 8.96. The molecule has 0 saturated heterocycles. The molecule has 1 heterocycles. The molecule has 1 N–H and O–H groups in total. The average molecular weight is 581 g/mol. The summed E-state index contributed by atoms with van der Waals surface area (Å²) < 4.78 is 36.3. The Kier molecular flexibility index (Phi) is 9.64. The summed E-state index contributed by atoms with van der Waals surface area (Å²) in [5.74, 6) is -0.660. The SMILES string of the molecule is CCOCCn1c(=NC(=O)c2ccc(S(=O)(=O)N(CC)Cc3ccccc3)cc2)sc2cc(NC(C)=O)ccc21. The summed E-state index contributed by atoms with van der Waals surface area (Å²) in [6, 6.07) is 20.8. The van der Waals surface area contributed by atoms with Crippen molar-refractivity contribution in [3.63, 3.8) is 0 Å². The van der Waals surface area contributed by atoms with E-state index in [1.807, 2.05) is 54.0 Å². The lowest BCUT2D eigenvalue weighted by Crippen LogP contribution is -2.30. The van der Waals surface area contributed by atoms with Crippen molar-refractivity contribution in [1.82, 2.24) is 8.87 Å². The van der Waals surface area contributed by atoms with Crippen molar-refractivity contribution in [3.05, 3.63) is 88.7 Å². The van der Waals surface area contributed by atoms with Crippen LogP contribution in [-0.4, -0.2) is 48.9 Å². The number of hydrogen-bond acceptors (Lipinski definition) is 6. The Balaban J connectivity index is 1.62. The minimum Gasteiger partial charge on any atom is -0.380 e. The van der Waals surface area contributed by atoms with Gasteiger partial charge in [-0.2, -0.15) is 9.30 Å². The number of nitrogens with zero attached hydrogens (tertiary/aromatic N) is 3. The van der Waals surface area contributed by atoms with Crippen LogP contribution in [0.25, 0.3) is 10.2 Å². The van der Waals surface area contributed by atoms with Gasteiger partial charge < -0.3 is 14.6 Å². The number of carbonyl (C=O) groups is 2. The van der Waals surface area contributed by atoms with E-state index in [4.69, 9.17) is 4.74 Å². The molecule has 3 aromatic carbocycles. The third kappa shape index (κ3) is 6.92. The number of nitrogens with one attached hydrogen (secondary N) is 1. The van der Waals surface area contributed by atoms with Crippen LogP contribution in [0.2, 0.25) is 0 Å². The van der Waals surface area contributed by atoms with E-state index in [-0.39, 0.29) is 22.9 Å². The summed E-state index contributed by atoms with van der Waals surface area (Å²) >= 11 is 1.33. The molecule has 1 aromatic heterocycles. The van der Waals surface area contributed by atoms with E-state index in [1.54, 1.807) is 13.0 Å². The molecular weight excluding hydrogens is 548 g/mol. The largest absolute Gasteiger partial charge is 0.380 e. The molecule has 0 saturated carbocycles. The minimum atomic E-state index is -3.75. The van der Waals surface area contributed by atoms with Crippen molar-refractivity contribution in [2.45, 2.75) is 38.8 Å². The van der Waals surface area contributed by atoms with Gasteiger partial charge in [0.2, 0.25) is 15.9 Å². The summed E-state index contributed by atoms with van der Waals surface area (Å²) in [7, 11) is -3.75. The van der Waals surface area contributed by atoms with Gasteiger partial charge >= 0.3 is 0 Å². The van der Waals surface area contributed by atoms with Crippen LogP contribution >= 0.6 is 11.3 Å². The number of anilines is 1. The highest BCUT2D eigenvalue weighted by molar-refractivity contribution is 7.89. The Morgan fingerprint density at radius 3 is 2.40 bits per heavy atom. The number of aromatic nitrogens is 1. The highest BCUT2D eigenvalue weighted by Gasteiger charge is 2.23. The van der Waals surface area contributed by atoms with Gasteiger partial charge in [-0.1, -0.05) is 48.6 Å². The Hall–Kier alpha value is -3.64. The quantitative estimate of drug-likeness (QED) is 0.260. The van der Waals surface area contributed by atoms with Gasteiger partial charge in [0.25, 0.3) is 5.91 Å². The zero-order valence-electron chi connectivity index (χ0n) is 22.7. The van der Waals surface area contributed by atoms with E-state index in [0.717, 1.165) is 15.8 Å². The molecule has 9 nitrogen and oxygen atoms in total. The predicted octanol–water partition coefficient (Wildman–Crippen LogP) is 4.65. The monoisotopic (exact) mass is 580 g/mol. The first-order valence-electron chi connectivity index (χ1n) is 12.9. The van der Waals surface area contributed by atoms with E-state index in [0.29, 0.717) is 36.8 Å². The molecule has 2 amide bonds. The van der Waals surface area contributed by atoms with Gasteiger partial charge in [-0.25, -0.2) is 8.42 Å². The fourth-order valence-electron chi connectivity index (χ4n) is 4.18. The minimum absolute atomic E-state index is 0.112. The fourth-order valence-corrected chi connectivity index (χ4v) is 6.71. The number of hydrogen-bond donors (Lipinski definition) is 1. The molecule has 0 aliphatic heterocycles. The van der Waals surface area contributed by atoms with Crippen molar-refractivity contribution in [2.24, 2.45) is 4.99 Å². The predicted molar refractivity (Wildman–Crippen MR) is 157 cm³/mol. The maximum Gasteiger partial charge on any atom is 0.279 e. The van der Waals surface area contributed by atoms with E-state index in [9.17, 15) is 18.0 Å². The third-order valence-corrected chi connectivity index (χ3v) is 9.13. The van der Waals surface area contributed by atoms with Crippen LogP contribution in [0.1, 0.15) is 36.7 Å². The number of sulfonamides is 1. The molecule has 0 unspecified atom stereocenters. The fraction of sp³-hybridized carbons (Fsp3) is 0.276. The smallest absolute Gasteiger partial charge is 0.279 e. The summed E-state index contributed by atoms with van der Waals surface area (Å²) in [5.41, 5.74) is 2.69. The molecule has 210 valence electrons.